The van der Waals surface area contributed by atoms with E-state index in [1.807, 2.05) is 0 Å². The standard InChI is InChI=1S/C12H16N2OS/c16-12-14-13-11(15-12)10-8-2-6-1-7(4-8)5-9(10)3-6/h6-10H,1-5H2,(H,14,16). The van der Waals surface area contributed by atoms with Crippen LogP contribution in [0.15, 0.2) is 4.42 Å². The van der Waals surface area contributed by atoms with Crippen molar-refractivity contribution in [2.45, 2.75) is 38.0 Å². The van der Waals surface area contributed by atoms with Gasteiger partial charge in [-0.3, -0.25) is 0 Å². The van der Waals surface area contributed by atoms with E-state index in [-0.39, 0.29) is 0 Å². The summed E-state index contributed by atoms with van der Waals surface area (Å²) >= 11 is 4.98. The molecule has 0 spiro atoms. The molecule has 1 aromatic rings. The van der Waals surface area contributed by atoms with Gasteiger partial charge in [0.25, 0.3) is 4.84 Å². The highest BCUT2D eigenvalue weighted by molar-refractivity contribution is 7.71. The summed E-state index contributed by atoms with van der Waals surface area (Å²) < 4.78 is 5.56. The van der Waals surface area contributed by atoms with Gasteiger partial charge in [0.05, 0.1) is 0 Å². The zero-order valence-corrected chi connectivity index (χ0v) is 10.0. The fourth-order valence-corrected chi connectivity index (χ4v) is 4.84. The Morgan fingerprint density at radius 2 is 1.69 bits per heavy atom. The Labute approximate surface area is 99.6 Å². The van der Waals surface area contributed by atoms with Gasteiger partial charge in [-0.05, 0) is 68.0 Å². The van der Waals surface area contributed by atoms with E-state index >= 15 is 0 Å². The molecule has 4 aliphatic rings. The lowest BCUT2D eigenvalue weighted by atomic mass is 9.52. The van der Waals surface area contributed by atoms with Gasteiger partial charge in [0, 0.05) is 5.92 Å². The van der Waals surface area contributed by atoms with Crippen LogP contribution in [-0.2, 0) is 0 Å². The minimum atomic E-state index is 0.434. The maximum atomic E-state index is 5.56. The van der Waals surface area contributed by atoms with Crippen LogP contribution >= 0.6 is 12.2 Å². The number of H-pyrrole nitrogens is 1. The van der Waals surface area contributed by atoms with Crippen molar-refractivity contribution in [3.8, 4) is 0 Å². The van der Waals surface area contributed by atoms with Gasteiger partial charge in [0.2, 0.25) is 5.89 Å². The van der Waals surface area contributed by atoms with Crippen LogP contribution in [0, 0.1) is 28.5 Å². The SMILES string of the molecule is S=c1[nH]nc(C2C3CC4CC(C3)CC2C4)o1. The van der Waals surface area contributed by atoms with Gasteiger partial charge in [-0.15, -0.1) is 5.10 Å². The molecule has 4 aliphatic carbocycles. The number of hydrogen-bond acceptors (Lipinski definition) is 3. The lowest BCUT2D eigenvalue weighted by Gasteiger charge is -2.53. The first-order valence-electron chi connectivity index (χ1n) is 6.35. The van der Waals surface area contributed by atoms with Gasteiger partial charge >= 0.3 is 0 Å². The molecular formula is C12H16N2OS. The van der Waals surface area contributed by atoms with Crippen LogP contribution in [-0.4, -0.2) is 10.2 Å². The summed E-state index contributed by atoms with van der Waals surface area (Å²) in [5, 5.41) is 7.04. The zero-order valence-electron chi connectivity index (χ0n) is 9.19. The van der Waals surface area contributed by atoms with Crippen LogP contribution < -0.4 is 0 Å². The highest BCUT2D eigenvalue weighted by Crippen LogP contribution is 2.59. The van der Waals surface area contributed by atoms with Crippen LogP contribution in [0.1, 0.15) is 43.9 Å². The smallest absolute Gasteiger partial charge is 0.284 e. The molecule has 86 valence electrons. The normalized spacial score (nSPS) is 45.1. The van der Waals surface area contributed by atoms with E-state index in [1.54, 1.807) is 0 Å². The van der Waals surface area contributed by atoms with Crippen molar-refractivity contribution >= 4 is 12.2 Å². The predicted octanol–water partition coefficient (Wildman–Crippen LogP) is 3.27. The molecule has 0 atom stereocenters. The molecule has 4 saturated carbocycles. The van der Waals surface area contributed by atoms with E-state index in [0.29, 0.717) is 10.8 Å². The summed E-state index contributed by atoms with van der Waals surface area (Å²) in [6, 6.07) is 0. The molecule has 4 heteroatoms. The molecule has 0 saturated heterocycles. The fraction of sp³-hybridized carbons (Fsp3) is 0.833. The maximum Gasteiger partial charge on any atom is 0.284 e. The topological polar surface area (TPSA) is 41.8 Å². The Balaban J connectivity index is 1.72. The highest BCUT2D eigenvalue weighted by atomic mass is 32.1. The van der Waals surface area contributed by atoms with Crippen LogP contribution in [0.25, 0.3) is 0 Å². The fourth-order valence-electron chi connectivity index (χ4n) is 4.71. The number of nitrogens with one attached hydrogen (secondary N) is 1. The van der Waals surface area contributed by atoms with Crippen molar-refractivity contribution in [1.82, 2.24) is 10.2 Å². The van der Waals surface area contributed by atoms with Gasteiger partial charge in [-0.25, -0.2) is 5.10 Å². The summed E-state index contributed by atoms with van der Waals surface area (Å²) in [4.78, 5) is 0.434. The molecule has 0 aromatic carbocycles. The van der Waals surface area contributed by atoms with Crippen molar-refractivity contribution in [3.63, 3.8) is 0 Å². The van der Waals surface area contributed by atoms with E-state index in [0.717, 1.165) is 29.6 Å². The average molecular weight is 236 g/mol. The Morgan fingerprint density at radius 1 is 1.06 bits per heavy atom. The van der Waals surface area contributed by atoms with E-state index in [2.05, 4.69) is 10.2 Å². The number of nitrogens with zero attached hydrogens (tertiary/aromatic N) is 1. The van der Waals surface area contributed by atoms with Crippen LogP contribution in [0.3, 0.4) is 0 Å². The van der Waals surface area contributed by atoms with Crippen molar-refractivity contribution in [1.29, 1.82) is 0 Å². The Morgan fingerprint density at radius 3 is 2.19 bits per heavy atom. The summed E-state index contributed by atoms with van der Waals surface area (Å²) in [7, 11) is 0. The second kappa shape index (κ2) is 3.19. The van der Waals surface area contributed by atoms with Gasteiger partial charge in [-0.1, -0.05) is 0 Å². The van der Waals surface area contributed by atoms with Gasteiger partial charge in [0.1, 0.15) is 0 Å². The van der Waals surface area contributed by atoms with Gasteiger partial charge < -0.3 is 4.42 Å². The third-order valence-electron chi connectivity index (χ3n) is 4.97. The molecule has 0 radical (unpaired) electrons. The lowest BCUT2D eigenvalue weighted by Crippen LogP contribution is -2.43. The molecule has 4 fully saturated rings. The molecule has 1 heterocycles. The Hall–Kier alpha value is -0.640. The Bertz CT molecular complexity index is 436. The summed E-state index contributed by atoms with van der Waals surface area (Å²) in [6.07, 6.45) is 7.07. The largest absolute Gasteiger partial charge is 0.414 e. The van der Waals surface area contributed by atoms with Crippen LogP contribution in [0.4, 0.5) is 0 Å². The first kappa shape index (κ1) is 9.40. The molecule has 4 bridgehead atoms. The minimum absolute atomic E-state index is 0.434. The number of hydrogen-bond donors (Lipinski definition) is 1. The average Bonchev–Trinajstić information content (AvgIpc) is 2.63. The van der Waals surface area contributed by atoms with E-state index in [4.69, 9.17) is 16.6 Å². The molecule has 5 rings (SSSR count). The number of aromatic amines is 1. The predicted molar refractivity (Wildman–Crippen MR) is 61.5 cm³/mol. The third kappa shape index (κ3) is 1.25. The number of rotatable bonds is 1. The molecule has 0 amide bonds. The van der Waals surface area contributed by atoms with Crippen molar-refractivity contribution < 1.29 is 4.42 Å². The van der Waals surface area contributed by atoms with E-state index in [1.165, 1.54) is 32.1 Å². The second-order valence-corrected chi connectivity index (χ2v) is 6.28. The van der Waals surface area contributed by atoms with Crippen LogP contribution in [0.2, 0.25) is 0 Å². The van der Waals surface area contributed by atoms with Gasteiger partial charge in [-0.2, -0.15) is 0 Å². The van der Waals surface area contributed by atoms with Gasteiger partial charge in [0.15, 0.2) is 0 Å². The molecule has 0 unspecified atom stereocenters. The maximum absolute atomic E-state index is 5.56. The first-order chi connectivity index (χ1) is 7.79. The van der Waals surface area contributed by atoms with Crippen molar-refractivity contribution in [2.24, 2.45) is 23.7 Å². The zero-order chi connectivity index (χ0) is 10.7. The molecule has 16 heavy (non-hydrogen) atoms. The second-order valence-electron chi connectivity index (χ2n) is 5.91. The van der Waals surface area contributed by atoms with Crippen LogP contribution in [0.5, 0.6) is 0 Å². The summed E-state index contributed by atoms with van der Waals surface area (Å²) in [5.41, 5.74) is 0. The lowest BCUT2D eigenvalue weighted by molar-refractivity contribution is -0.0116. The molecule has 3 nitrogen and oxygen atoms in total. The highest BCUT2D eigenvalue weighted by Gasteiger charge is 2.50. The van der Waals surface area contributed by atoms with Crippen molar-refractivity contribution in [2.75, 3.05) is 0 Å². The van der Waals surface area contributed by atoms with E-state index in [9.17, 15) is 0 Å². The van der Waals surface area contributed by atoms with Crippen molar-refractivity contribution in [3.05, 3.63) is 10.7 Å². The molecular weight excluding hydrogens is 220 g/mol. The quantitative estimate of drug-likeness (QED) is 0.761. The minimum Gasteiger partial charge on any atom is -0.414 e. The molecule has 1 N–H and O–H groups in total. The summed E-state index contributed by atoms with van der Waals surface area (Å²) in [6.45, 7) is 0. The monoisotopic (exact) mass is 236 g/mol. The number of aromatic nitrogens is 2. The molecule has 0 aliphatic heterocycles. The molecule has 1 aromatic heterocycles. The summed E-state index contributed by atoms with van der Waals surface area (Å²) in [5.74, 6) is 5.08. The Kier molecular flexibility index (Phi) is 1.87. The van der Waals surface area contributed by atoms with E-state index < -0.39 is 0 Å². The first-order valence-corrected chi connectivity index (χ1v) is 6.76. The third-order valence-corrected chi connectivity index (χ3v) is 5.14.